The smallest absolute Gasteiger partial charge is 0.261 e. The molecule has 4 unspecified atom stereocenters. The van der Waals surface area contributed by atoms with Crippen molar-refractivity contribution in [3.8, 4) is 0 Å². The van der Waals surface area contributed by atoms with Gasteiger partial charge in [-0.1, -0.05) is 36.4 Å². The van der Waals surface area contributed by atoms with Gasteiger partial charge in [0.25, 0.3) is 5.91 Å². The molecule has 3 aromatic carbocycles. The van der Waals surface area contributed by atoms with Gasteiger partial charge in [-0.05, 0) is 24.6 Å². The van der Waals surface area contributed by atoms with E-state index in [-0.39, 0.29) is 30.3 Å². The Morgan fingerprint density at radius 2 is 1.66 bits per heavy atom. The molecule has 0 saturated carbocycles. The van der Waals surface area contributed by atoms with Crippen LogP contribution in [0.3, 0.4) is 0 Å². The van der Waals surface area contributed by atoms with Crippen LogP contribution in [0.5, 0.6) is 0 Å². The molecular formula is C32H30N4O5. The lowest BCUT2D eigenvalue weighted by Gasteiger charge is -2.50. The third-order valence-corrected chi connectivity index (χ3v) is 9.69. The maximum absolute atomic E-state index is 14.0. The Bertz CT molecular complexity index is 2020. The highest BCUT2D eigenvalue weighted by atomic mass is 16.6. The lowest BCUT2D eigenvalue weighted by molar-refractivity contribution is -0.266. The molecule has 3 aliphatic heterocycles. The molecule has 0 aliphatic carbocycles. The molecule has 9 heteroatoms. The number of carbonyl (C=O) groups excluding carboxylic acids is 3. The summed E-state index contributed by atoms with van der Waals surface area (Å²) in [6, 6.07) is 15.9. The van der Waals surface area contributed by atoms with E-state index < -0.39 is 18.1 Å². The van der Waals surface area contributed by atoms with Crippen molar-refractivity contribution in [2.24, 2.45) is 0 Å². The molecule has 3 aliphatic rings. The van der Waals surface area contributed by atoms with Crippen LogP contribution in [0.4, 0.5) is 0 Å². The van der Waals surface area contributed by atoms with E-state index in [2.05, 4.69) is 27.3 Å². The Morgan fingerprint density at radius 1 is 1.00 bits per heavy atom. The molecule has 2 bridgehead atoms. The summed E-state index contributed by atoms with van der Waals surface area (Å²) in [5.41, 5.74) is 4.19. The van der Waals surface area contributed by atoms with E-state index in [0.717, 1.165) is 49.2 Å². The van der Waals surface area contributed by atoms with Crippen LogP contribution in [0.25, 0.3) is 43.6 Å². The van der Waals surface area contributed by atoms with E-state index in [4.69, 9.17) is 9.47 Å². The molecule has 8 rings (SSSR count). The maximum atomic E-state index is 14.0. The number of rotatable bonds is 2. The Hall–Kier alpha value is -4.21. The second-order valence-electron chi connectivity index (χ2n) is 11.7. The van der Waals surface area contributed by atoms with E-state index in [0.29, 0.717) is 12.0 Å². The number of fused-ring (bicyclic) bond motifs is 13. The molecule has 0 N–H and O–H groups in total. The summed E-state index contributed by atoms with van der Waals surface area (Å²) in [4.78, 5) is 42.5. The minimum Gasteiger partial charge on any atom is -0.374 e. The van der Waals surface area contributed by atoms with Crippen molar-refractivity contribution in [3.63, 3.8) is 0 Å². The fraction of sp³-hybridized carbons (Fsp3) is 0.344. The normalized spacial score (nSPS) is 25.0. The number of ether oxygens (including phenoxy) is 2. The van der Waals surface area contributed by atoms with Gasteiger partial charge < -0.3 is 23.5 Å². The van der Waals surface area contributed by atoms with Gasteiger partial charge in [-0.15, -0.1) is 0 Å². The highest BCUT2D eigenvalue weighted by Crippen LogP contribution is 2.54. The van der Waals surface area contributed by atoms with E-state index in [9.17, 15) is 14.4 Å². The van der Waals surface area contributed by atoms with Gasteiger partial charge in [-0.2, -0.15) is 0 Å². The molecule has 41 heavy (non-hydrogen) atoms. The van der Waals surface area contributed by atoms with Crippen LogP contribution in [0.2, 0.25) is 0 Å². The Kier molecular flexibility index (Phi) is 4.77. The van der Waals surface area contributed by atoms with Crippen LogP contribution < -0.4 is 0 Å². The molecular weight excluding hydrogens is 520 g/mol. The van der Waals surface area contributed by atoms with Crippen LogP contribution >= 0.6 is 0 Å². The maximum Gasteiger partial charge on any atom is 0.261 e. The number of para-hydroxylation sites is 2. The molecule has 5 heterocycles. The lowest BCUT2D eigenvalue weighted by Crippen LogP contribution is -2.61. The minimum absolute atomic E-state index is 0.0456. The van der Waals surface area contributed by atoms with Gasteiger partial charge in [0, 0.05) is 56.0 Å². The molecule has 3 amide bonds. The third kappa shape index (κ3) is 2.80. The summed E-state index contributed by atoms with van der Waals surface area (Å²) in [7, 11) is 3.49. The molecule has 9 nitrogen and oxygen atoms in total. The molecule has 4 atom stereocenters. The van der Waals surface area contributed by atoms with Gasteiger partial charge in [0.1, 0.15) is 12.3 Å². The van der Waals surface area contributed by atoms with Crippen molar-refractivity contribution < 1.29 is 23.9 Å². The number of aromatic nitrogens is 2. The average Bonchev–Trinajstić information content (AvgIpc) is 3.58. The molecule has 2 aromatic heterocycles. The zero-order chi connectivity index (χ0) is 28.5. The summed E-state index contributed by atoms with van der Waals surface area (Å²) in [6.07, 6.45) is -0.422. The zero-order valence-corrected chi connectivity index (χ0v) is 23.6. The first-order valence-electron chi connectivity index (χ1n) is 14.0. The second-order valence-corrected chi connectivity index (χ2v) is 11.7. The van der Waals surface area contributed by atoms with Gasteiger partial charge in [0.15, 0.2) is 5.72 Å². The van der Waals surface area contributed by atoms with Crippen LogP contribution in [-0.2, 0) is 31.3 Å². The van der Waals surface area contributed by atoms with Crippen LogP contribution in [0.15, 0.2) is 48.5 Å². The number of methoxy groups -OCH3 is 1. The van der Waals surface area contributed by atoms with Crippen LogP contribution in [0.1, 0.15) is 49.3 Å². The number of hydrogen-bond acceptors (Lipinski definition) is 5. The predicted molar refractivity (Wildman–Crippen MR) is 154 cm³/mol. The Morgan fingerprint density at radius 3 is 2.32 bits per heavy atom. The first-order chi connectivity index (χ1) is 19.7. The van der Waals surface area contributed by atoms with E-state index in [1.807, 2.05) is 44.3 Å². The fourth-order valence-corrected chi connectivity index (χ4v) is 7.95. The van der Waals surface area contributed by atoms with Gasteiger partial charge in [-0.3, -0.25) is 19.3 Å². The van der Waals surface area contributed by atoms with Gasteiger partial charge in [0.2, 0.25) is 11.8 Å². The van der Waals surface area contributed by atoms with Gasteiger partial charge in [0.05, 0.1) is 40.2 Å². The topological polar surface area (TPSA) is 86.0 Å². The first-order valence-corrected chi connectivity index (χ1v) is 14.0. The molecule has 1 saturated heterocycles. The predicted octanol–water partition coefficient (Wildman–Crippen LogP) is 4.87. The van der Waals surface area contributed by atoms with E-state index in [1.165, 1.54) is 11.8 Å². The van der Waals surface area contributed by atoms with Gasteiger partial charge >= 0.3 is 0 Å². The van der Waals surface area contributed by atoms with Crippen molar-refractivity contribution in [1.29, 1.82) is 0 Å². The number of likely N-dealkylation sites (N-methyl/N-ethyl adjacent to an activating group) is 1. The highest BCUT2D eigenvalue weighted by Gasteiger charge is 2.55. The standard InChI is InChI=1S/C32H30N4O5/c1-16(37)33(4)23-14-24-35-21-12-8-6-10-18(21)26-27-20(15-34(17(2)38)31(27)39)25-19-11-7-9-13-22(19)36(29(25)28(26)35)32(3,41-24)30(23)40-5/h6-13,23-24,30H,14-15H2,1-5H3. The average molecular weight is 551 g/mol. The van der Waals surface area contributed by atoms with Crippen molar-refractivity contribution in [3.05, 3.63) is 59.7 Å². The monoisotopic (exact) mass is 550 g/mol. The molecule has 1 fully saturated rings. The summed E-state index contributed by atoms with van der Waals surface area (Å²) in [5.74, 6) is -0.582. The van der Waals surface area contributed by atoms with E-state index in [1.54, 1.807) is 18.9 Å². The summed E-state index contributed by atoms with van der Waals surface area (Å²) in [6.45, 7) is 5.28. The summed E-state index contributed by atoms with van der Waals surface area (Å²) < 4.78 is 17.8. The second kappa shape index (κ2) is 7.96. The molecule has 0 spiro atoms. The Labute approximate surface area is 235 Å². The van der Waals surface area contributed by atoms with Crippen LogP contribution in [0, 0.1) is 0 Å². The minimum atomic E-state index is -1.00. The number of benzene rings is 3. The Balaban J connectivity index is 1.64. The largest absolute Gasteiger partial charge is 0.374 e. The number of imide groups is 1. The number of amides is 3. The van der Waals surface area contributed by atoms with Crippen molar-refractivity contribution in [2.45, 2.75) is 57.8 Å². The fourth-order valence-electron chi connectivity index (χ4n) is 7.95. The van der Waals surface area contributed by atoms with Gasteiger partial charge in [-0.25, -0.2) is 0 Å². The lowest BCUT2D eigenvalue weighted by atomic mass is 9.91. The number of carbonyl (C=O) groups is 3. The molecule has 208 valence electrons. The molecule has 0 radical (unpaired) electrons. The third-order valence-electron chi connectivity index (χ3n) is 9.69. The van der Waals surface area contributed by atoms with Crippen molar-refractivity contribution in [2.75, 3.05) is 14.2 Å². The summed E-state index contributed by atoms with van der Waals surface area (Å²) >= 11 is 0. The highest BCUT2D eigenvalue weighted by molar-refractivity contribution is 6.32. The first kappa shape index (κ1) is 24.6. The number of nitrogens with zero attached hydrogens (tertiary/aromatic N) is 4. The summed E-state index contributed by atoms with van der Waals surface area (Å²) in [5, 5.41) is 3.71. The quantitative estimate of drug-likeness (QED) is 0.313. The van der Waals surface area contributed by atoms with Crippen LogP contribution in [-0.4, -0.2) is 63.0 Å². The number of hydrogen-bond donors (Lipinski definition) is 0. The van der Waals surface area contributed by atoms with Crippen molar-refractivity contribution in [1.82, 2.24) is 18.9 Å². The SMILES string of the molecule is COC1C(N(C)C(C)=O)CC2OC1(C)n1c3ccccc3c3c4c(c5c6ccccc6n2c5c31)C(=O)N(C(C)=O)C4. The zero-order valence-electron chi connectivity index (χ0n) is 23.6. The van der Waals surface area contributed by atoms with Crippen molar-refractivity contribution >= 4 is 61.3 Å². The molecule has 5 aromatic rings. The van der Waals surface area contributed by atoms with E-state index >= 15 is 0 Å².